The van der Waals surface area contributed by atoms with Crippen LogP contribution in [0, 0.1) is 0 Å². The SMILES string of the molecule is COC(=O)c1ccc(CN2CCCN(C(=O)CS(=O)(=O)c3ccccc3)CC2)o1. The average molecular weight is 420 g/mol. The molecule has 1 saturated heterocycles. The summed E-state index contributed by atoms with van der Waals surface area (Å²) in [6.45, 7) is 2.77. The van der Waals surface area contributed by atoms with Crippen molar-refractivity contribution in [2.24, 2.45) is 0 Å². The fourth-order valence-corrected chi connectivity index (χ4v) is 4.48. The molecule has 0 spiro atoms. The van der Waals surface area contributed by atoms with Crippen LogP contribution < -0.4 is 0 Å². The minimum atomic E-state index is -3.65. The van der Waals surface area contributed by atoms with E-state index >= 15 is 0 Å². The van der Waals surface area contributed by atoms with Gasteiger partial charge in [-0.3, -0.25) is 9.69 Å². The zero-order valence-corrected chi connectivity index (χ0v) is 17.1. The van der Waals surface area contributed by atoms with Gasteiger partial charge in [0.15, 0.2) is 9.84 Å². The number of carbonyl (C=O) groups excluding carboxylic acids is 2. The van der Waals surface area contributed by atoms with Crippen LogP contribution in [0.5, 0.6) is 0 Å². The molecule has 1 aromatic carbocycles. The van der Waals surface area contributed by atoms with Crippen molar-refractivity contribution in [3.63, 3.8) is 0 Å². The van der Waals surface area contributed by atoms with E-state index in [0.717, 1.165) is 13.0 Å². The Morgan fingerprint density at radius 3 is 2.52 bits per heavy atom. The van der Waals surface area contributed by atoms with Gasteiger partial charge in [-0.05, 0) is 30.7 Å². The molecule has 0 N–H and O–H groups in total. The standard InChI is InChI=1S/C20H24N2O6S/c1-27-20(24)18-9-8-16(28-18)14-21-10-5-11-22(13-12-21)19(23)15-29(25,26)17-6-3-2-4-7-17/h2-4,6-9H,5,10-15H2,1H3. The molecule has 0 bridgehead atoms. The summed E-state index contributed by atoms with van der Waals surface area (Å²) in [7, 11) is -2.36. The normalized spacial score (nSPS) is 15.7. The van der Waals surface area contributed by atoms with Crippen LogP contribution in [0.1, 0.15) is 22.7 Å². The van der Waals surface area contributed by atoms with Gasteiger partial charge in [0.1, 0.15) is 11.5 Å². The third-order valence-corrected chi connectivity index (χ3v) is 6.40. The van der Waals surface area contributed by atoms with Crippen LogP contribution >= 0.6 is 0 Å². The zero-order valence-electron chi connectivity index (χ0n) is 16.2. The average Bonchev–Trinajstić information content (AvgIpc) is 3.05. The highest BCUT2D eigenvalue weighted by atomic mass is 32.2. The fraction of sp³-hybridized carbons (Fsp3) is 0.400. The van der Waals surface area contributed by atoms with Crippen molar-refractivity contribution in [2.75, 3.05) is 39.0 Å². The molecule has 1 amide bonds. The summed E-state index contributed by atoms with van der Waals surface area (Å²) in [5.74, 6) is -0.653. The molecule has 0 saturated carbocycles. The quantitative estimate of drug-likeness (QED) is 0.655. The molecule has 156 valence electrons. The van der Waals surface area contributed by atoms with Gasteiger partial charge in [-0.1, -0.05) is 18.2 Å². The number of sulfone groups is 1. The molecule has 0 aliphatic carbocycles. The van der Waals surface area contributed by atoms with Crippen molar-refractivity contribution in [1.29, 1.82) is 0 Å². The van der Waals surface area contributed by atoms with Crippen molar-refractivity contribution in [1.82, 2.24) is 9.80 Å². The molecule has 3 rings (SSSR count). The number of carbonyl (C=O) groups is 2. The second-order valence-corrected chi connectivity index (χ2v) is 8.83. The Hall–Kier alpha value is -2.65. The molecular formula is C20H24N2O6S. The second kappa shape index (κ2) is 9.23. The maximum Gasteiger partial charge on any atom is 0.373 e. The van der Waals surface area contributed by atoms with Crippen LogP contribution in [-0.2, 0) is 25.9 Å². The number of hydrogen-bond donors (Lipinski definition) is 0. The number of benzene rings is 1. The Kier molecular flexibility index (Phi) is 6.71. The summed E-state index contributed by atoms with van der Waals surface area (Å²) in [6, 6.07) is 11.3. The topological polar surface area (TPSA) is 97.1 Å². The summed E-state index contributed by atoms with van der Waals surface area (Å²) >= 11 is 0. The van der Waals surface area contributed by atoms with Crippen molar-refractivity contribution in [2.45, 2.75) is 17.9 Å². The molecule has 1 fully saturated rings. The van der Waals surface area contributed by atoms with Gasteiger partial charge in [-0.2, -0.15) is 0 Å². The molecule has 1 aromatic heterocycles. The largest absolute Gasteiger partial charge is 0.463 e. The molecule has 1 aliphatic heterocycles. The highest BCUT2D eigenvalue weighted by molar-refractivity contribution is 7.92. The van der Waals surface area contributed by atoms with E-state index in [1.54, 1.807) is 35.2 Å². The molecule has 29 heavy (non-hydrogen) atoms. The first-order valence-corrected chi connectivity index (χ1v) is 11.0. The lowest BCUT2D eigenvalue weighted by Gasteiger charge is -2.21. The number of amides is 1. The minimum Gasteiger partial charge on any atom is -0.463 e. The lowest BCUT2D eigenvalue weighted by molar-refractivity contribution is -0.128. The van der Waals surface area contributed by atoms with Crippen LogP contribution in [0.4, 0.5) is 0 Å². The highest BCUT2D eigenvalue weighted by Gasteiger charge is 2.25. The minimum absolute atomic E-state index is 0.153. The lowest BCUT2D eigenvalue weighted by Crippen LogP contribution is -2.38. The summed E-state index contributed by atoms with van der Waals surface area (Å²) in [5.41, 5.74) is 0. The number of nitrogens with zero attached hydrogens (tertiary/aromatic N) is 2. The first-order valence-electron chi connectivity index (χ1n) is 9.34. The summed E-state index contributed by atoms with van der Waals surface area (Å²) in [6.07, 6.45) is 0.724. The van der Waals surface area contributed by atoms with Crippen molar-refractivity contribution >= 4 is 21.7 Å². The van der Waals surface area contributed by atoms with Crippen molar-refractivity contribution in [3.05, 3.63) is 54.0 Å². The Balaban J connectivity index is 1.56. The van der Waals surface area contributed by atoms with E-state index < -0.39 is 21.6 Å². The number of furan rings is 1. The fourth-order valence-electron chi connectivity index (χ4n) is 3.24. The Labute approximate surface area is 170 Å². The van der Waals surface area contributed by atoms with E-state index in [9.17, 15) is 18.0 Å². The summed E-state index contributed by atoms with van der Waals surface area (Å²) in [4.78, 5) is 27.9. The molecular weight excluding hydrogens is 396 g/mol. The van der Waals surface area contributed by atoms with E-state index in [2.05, 4.69) is 9.64 Å². The van der Waals surface area contributed by atoms with Gasteiger partial charge >= 0.3 is 5.97 Å². The van der Waals surface area contributed by atoms with Gasteiger partial charge < -0.3 is 14.1 Å². The van der Waals surface area contributed by atoms with E-state index in [0.29, 0.717) is 31.9 Å². The van der Waals surface area contributed by atoms with Crippen LogP contribution in [-0.4, -0.2) is 69.1 Å². The Morgan fingerprint density at radius 1 is 1.03 bits per heavy atom. The predicted octanol–water partition coefficient (Wildman–Crippen LogP) is 1.57. The number of methoxy groups -OCH3 is 1. The number of ether oxygens (including phenoxy) is 1. The first-order chi connectivity index (χ1) is 13.9. The zero-order chi connectivity index (χ0) is 20.9. The van der Waals surface area contributed by atoms with E-state index in [1.807, 2.05) is 0 Å². The van der Waals surface area contributed by atoms with Gasteiger partial charge in [-0.25, -0.2) is 13.2 Å². The molecule has 0 unspecified atom stereocenters. The Bertz CT molecular complexity index is 954. The molecule has 9 heteroatoms. The van der Waals surface area contributed by atoms with Gasteiger partial charge in [0.25, 0.3) is 0 Å². The number of hydrogen-bond acceptors (Lipinski definition) is 7. The van der Waals surface area contributed by atoms with Crippen molar-refractivity contribution < 1.29 is 27.2 Å². The summed E-state index contributed by atoms with van der Waals surface area (Å²) < 4.78 is 35.0. The molecule has 2 heterocycles. The molecule has 2 aromatic rings. The van der Waals surface area contributed by atoms with Gasteiger partial charge in [0.05, 0.1) is 18.6 Å². The molecule has 1 aliphatic rings. The molecule has 8 nitrogen and oxygen atoms in total. The monoisotopic (exact) mass is 420 g/mol. The first kappa shape index (κ1) is 21.1. The number of esters is 1. The smallest absolute Gasteiger partial charge is 0.373 e. The van der Waals surface area contributed by atoms with Crippen LogP contribution in [0.2, 0.25) is 0 Å². The van der Waals surface area contributed by atoms with Crippen LogP contribution in [0.3, 0.4) is 0 Å². The van der Waals surface area contributed by atoms with E-state index in [-0.39, 0.29) is 16.6 Å². The molecule has 0 radical (unpaired) electrons. The second-order valence-electron chi connectivity index (χ2n) is 6.84. The van der Waals surface area contributed by atoms with Gasteiger partial charge in [0, 0.05) is 26.2 Å². The van der Waals surface area contributed by atoms with E-state index in [4.69, 9.17) is 4.42 Å². The Morgan fingerprint density at radius 2 is 1.79 bits per heavy atom. The van der Waals surface area contributed by atoms with Crippen LogP contribution in [0.15, 0.2) is 51.8 Å². The maximum atomic E-state index is 12.6. The summed E-state index contributed by atoms with van der Waals surface area (Å²) in [5, 5.41) is 0. The van der Waals surface area contributed by atoms with Crippen molar-refractivity contribution in [3.8, 4) is 0 Å². The van der Waals surface area contributed by atoms with Crippen LogP contribution in [0.25, 0.3) is 0 Å². The van der Waals surface area contributed by atoms with E-state index in [1.165, 1.54) is 19.2 Å². The molecule has 0 atom stereocenters. The third kappa shape index (κ3) is 5.45. The van der Waals surface area contributed by atoms with Gasteiger partial charge in [-0.15, -0.1) is 0 Å². The van der Waals surface area contributed by atoms with Gasteiger partial charge in [0.2, 0.25) is 11.7 Å². The maximum absolute atomic E-state index is 12.6. The predicted molar refractivity (Wildman–Crippen MR) is 105 cm³/mol. The highest BCUT2D eigenvalue weighted by Crippen LogP contribution is 2.15. The number of rotatable bonds is 6. The third-order valence-electron chi connectivity index (χ3n) is 4.78. The lowest BCUT2D eigenvalue weighted by atomic mass is 10.3.